The fraction of sp³-hybridized carbons (Fsp3) is 0.435. The zero-order valence-electron chi connectivity index (χ0n) is 17.1. The lowest BCUT2D eigenvalue weighted by molar-refractivity contribution is -0.129. The summed E-state index contributed by atoms with van der Waals surface area (Å²) in [5.41, 5.74) is 2.17. The Balaban J connectivity index is 1.58. The molecule has 1 aromatic carbocycles. The molecule has 0 unspecified atom stereocenters. The summed E-state index contributed by atoms with van der Waals surface area (Å²) < 4.78 is 0. The van der Waals surface area contributed by atoms with E-state index < -0.39 is 6.04 Å². The van der Waals surface area contributed by atoms with Gasteiger partial charge in [-0.15, -0.1) is 11.8 Å². The minimum atomic E-state index is -0.443. The van der Waals surface area contributed by atoms with Crippen LogP contribution in [0.3, 0.4) is 0 Å². The van der Waals surface area contributed by atoms with Crippen LogP contribution in [0.2, 0.25) is 0 Å². The van der Waals surface area contributed by atoms with E-state index in [9.17, 15) is 20.1 Å². The summed E-state index contributed by atoms with van der Waals surface area (Å²) in [6, 6.07) is 11.6. The van der Waals surface area contributed by atoms with E-state index in [1.165, 1.54) is 16.7 Å². The molecule has 1 saturated heterocycles. The molecule has 2 aromatic rings. The van der Waals surface area contributed by atoms with Crippen molar-refractivity contribution in [2.45, 2.75) is 37.6 Å². The molecule has 1 N–H and O–H groups in total. The molecular weight excluding hydrogens is 410 g/mol. The number of nitriles is 2. The smallest absolute Gasteiger partial charge is 0.252 e. The van der Waals surface area contributed by atoms with Gasteiger partial charge in [0.15, 0.2) is 0 Å². The molecule has 2 aliphatic rings. The average Bonchev–Trinajstić information content (AvgIpc) is 3.31. The number of amides is 2. The third-order valence-electron chi connectivity index (χ3n) is 6.13. The molecule has 2 amide bonds. The lowest BCUT2D eigenvalue weighted by atomic mass is 9.78. The first-order valence-electron chi connectivity index (χ1n) is 10.4. The van der Waals surface area contributed by atoms with Gasteiger partial charge in [-0.2, -0.15) is 10.5 Å². The van der Waals surface area contributed by atoms with E-state index in [0.29, 0.717) is 17.2 Å². The highest BCUT2D eigenvalue weighted by Gasteiger charge is 2.30. The highest BCUT2D eigenvalue weighted by atomic mass is 32.2. The molecule has 2 fully saturated rings. The molecule has 4 rings (SSSR count). The number of benzene rings is 1. The van der Waals surface area contributed by atoms with E-state index in [-0.39, 0.29) is 30.2 Å². The Kier molecular flexibility index (Phi) is 6.39. The van der Waals surface area contributed by atoms with Crippen molar-refractivity contribution in [2.75, 3.05) is 18.2 Å². The van der Waals surface area contributed by atoms with Crippen LogP contribution in [0.25, 0.3) is 10.9 Å². The molecule has 2 heterocycles. The highest BCUT2D eigenvalue weighted by molar-refractivity contribution is 7.99. The van der Waals surface area contributed by atoms with Crippen LogP contribution >= 0.6 is 11.8 Å². The van der Waals surface area contributed by atoms with Crippen LogP contribution < -0.4 is 5.32 Å². The maximum absolute atomic E-state index is 13.3. The molecule has 1 saturated carbocycles. The number of nitrogens with one attached hydrogen (secondary N) is 1. The van der Waals surface area contributed by atoms with Crippen molar-refractivity contribution in [1.82, 2.24) is 15.2 Å². The van der Waals surface area contributed by atoms with Gasteiger partial charge in [-0.05, 0) is 43.2 Å². The molecule has 1 atom stereocenters. The van der Waals surface area contributed by atoms with Crippen LogP contribution in [-0.4, -0.2) is 45.9 Å². The van der Waals surface area contributed by atoms with Crippen molar-refractivity contribution >= 4 is 34.5 Å². The highest BCUT2D eigenvalue weighted by Crippen LogP contribution is 2.38. The van der Waals surface area contributed by atoms with Gasteiger partial charge in [0, 0.05) is 23.3 Å². The Morgan fingerprint density at radius 1 is 1.16 bits per heavy atom. The van der Waals surface area contributed by atoms with Gasteiger partial charge >= 0.3 is 0 Å². The second kappa shape index (κ2) is 9.36. The SMILES string of the molecule is N#CC1CCC(c2cnc3ccccc3c2C(=O)NCC(=O)N2CSC[C@H]2C#N)CC1. The van der Waals surface area contributed by atoms with Crippen LogP contribution in [0.1, 0.15) is 47.5 Å². The van der Waals surface area contributed by atoms with Gasteiger partial charge in [-0.25, -0.2) is 0 Å². The quantitative estimate of drug-likeness (QED) is 0.793. The second-order valence-electron chi connectivity index (χ2n) is 7.97. The molecule has 0 bridgehead atoms. The van der Waals surface area contributed by atoms with Crippen molar-refractivity contribution in [3.63, 3.8) is 0 Å². The van der Waals surface area contributed by atoms with Crippen LogP contribution in [0, 0.1) is 28.6 Å². The van der Waals surface area contributed by atoms with E-state index in [1.54, 1.807) is 6.20 Å². The first kappa shape index (κ1) is 21.1. The fourth-order valence-electron chi connectivity index (χ4n) is 4.39. The van der Waals surface area contributed by atoms with Crippen LogP contribution in [0.5, 0.6) is 0 Å². The Bertz CT molecular complexity index is 1080. The normalized spacial score (nSPS) is 23.2. The first-order chi connectivity index (χ1) is 15.1. The Morgan fingerprint density at radius 3 is 2.68 bits per heavy atom. The average molecular weight is 434 g/mol. The van der Waals surface area contributed by atoms with Crippen LogP contribution in [0.15, 0.2) is 30.5 Å². The number of pyridine rings is 1. The Hall–Kier alpha value is -3.10. The zero-order chi connectivity index (χ0) is 21.8. The van der Waals surface area contributed by atoms with Gasteiger partial charge in [-0.3, -0.25) is 14.6 Å². The molecule has 0 spiro atoms. The minimum absolute atomic E-state index is 0.0750. The van der Waals surface area contributed by atoms with Gasteiger partial charge in [0.05, 0.1) is 35.6 Å². The van der Waals surface area contributed by atoms with E-state index >= 15 is 0 Å². The molecule has 1 aliphatic heterocycles. The van der Waals surface area contributed by atoms with Crippen molar-refractivity contribution in [1.29, 1.82) is 10.5 Å². The number of thioether (sulfide) groups is 1. The summed E-state index contributed by atoms with van der Waals surface area (Å²) in [6.45, 7) is -0.144. The predicted octanol–water partition coefficient (Wildman–Crippen LogP) is 3.19. The lowest BCUT2D eigenvalue weighted by Gasteiger charge is -2.27. The monoisotopic (exact) mass is 433 g/mol. The molecular formula is C23H23N5O2S. The predicted molar refractivity (Wildman–Crippen MR) is 118 cm³/mol. The van der Waals surface area contributed by atoms with E-state index in [0.717, 1.165) is 42.1 Å². The topological polar surface area (TPSA) is 110 Å². The number of fused-ring (bicyclic) bond motifs is 1. The van der Waals surface area contributed by atoms with Crippen molar-refractivity contribution in [3.8, 4) is 12.1 Å². The van der Waals surface area contributed by atoms with E-state index in [2.05, 4.69) is 22.4 Å². The number of para-hydroxylation sites is 1. The number of aromatic nitrogens is 1. The molecule has 1 aromatic heterocycles. The second-order valence-corrected chi connectivity index (χ2v) is 8.97. The third-order valence-corrected chi connectivity index (χ3v) is 7.15. The number of hydrogen-bond donors (Lipinski definition) is 1. The summed E-state index contributed by atoms with van der Waals surface area (Å²) in [4.78, 5) is 31.9. The van der Waals surface area contributed by atoms with Crippen molar-refractivity contribution < 1.29 is 9.59 Å². The Labute approximate surface area is 185 Å². The minimum Gasteiger partial charge on any atom is -0.343 e. The summed E-state index contributed by atoms with van der Waals surface area (Å²) >= 11 is 1.54. The van der Waals surface area contributed by atoms with Crippen LogP contribution in [-0.2, 0) is 4.79 Å². The molecule has 8 heteroatoms. The molecule has 31 heavy (non-hydrogen) atoms. The van der Waals surface area contributed by atoms with Gasteiger partial charge in [-0.1, -0.05) is 18.2 Å². The van der Waals surface area contributed by atoms with Gasteiger partial charge < -0.3 is 10.2 Å². The fourth-order valence-corrected chi connectivity index (χ4v) is 5.50. The Morgan fingerprint density at radius 2 is 1.94 bits per heavy atom. The molecule has 7 nitrogen and oxygen atoms in total. The standard InChI is InChI=1S/C23H23N5O2S/c24-9-15-5-7-16(8-6-15)19-11-26-20-4-2-1-3-18(20)22(19)23(30)27-12-21(29)28-14-31-13-17(28)10-25/h1-4,11,15-17H,5-8,12-14H2,(H,27,30)/t15?,16?,17-/m1/s1. The zero-order valence-corrected chi connectivity index (χ0v) is 17.9. The maximum atomic E-state index is 13.3. The number of nitrogens with zero attached hydrogens (tertiary/aromatic N) is 4. The van der Waals surface area contributed by atoms with Gasteiger partial charge in [0.1, 0.15) is 6.04 Å². The first-order valence-corrected chi connectivity index (χ1v) is 11.6. The number of carbonyl (C=O) groups excluding carboxylic acids is 2. The van der Waals surface area contributed by atoms with Gasteiger partial charge in [0.25, 0.3) is 5.91 Å². The molecule has 0 radical (unpaired) electrons. The molecule has 158 valence electrons. The van der Waals surface area contributed by atoms with E-state index in [1.807, 2.05) is 24.3 Å². The van der Waals surface area contributed by atoms with Gasteiger partial charge in [0.2, 0.25) is 5.91 Å². The van der Waals surface area contributed by atoms with E-state index in [4.69, 9.17) is 0 Å². The summed E-state index contributed by atoms with van der Waals surface area (Å²) in [5, 5.41) is 21.9. The van der Waals surface area contributed by atoms with Crippen molar-refractivity contribution in [3.05, 3.63) is 41.6 Å². The molecule has 1 aliphatic carbocycles. The number of hydrogen-bond acceptors (Lipinski definition) is 6. The summed E-state index contributed by atoms with van der Waals surface area (Å²) in [6.07, 6.45) is 5.09. The largest absolute Gasteiger partial charge is 0.343 e. The van der Waals surface area contributed by atoms with Crippen molar-refractivity contribution in [2.24, 2.45) is 5.92 Å². The maximum Gasteiger partial charge on any atom is 0.252 e. The summed E-state index contributed by atoms with van der Waals surface area (Å²) in [7, 11) is 0. The number of carbonyl (C=O) groups is 2. The third kappa shape index (κ3) is 4.35. The van der Waals surface area contributed by atoms with Crippen LogP contribution in [0.4, 0.5) is 0 Å². The lowest BCUT2D eigenvalue weighted by Crippen LogP contribution is -2.42. The summed E-state index contributed by atoms with van der Waals surface area (Å²) in [5.74, 6) is 0.755. The number of rotatable bonds is 4.